The molecule has 4 nitrogen and oxygen atoms in total. The zero-order valence-corrected chi connectivity index (χ0v) is 7.50. The van der Waals surface area contributed by atoms with Gasteiger partial charge in [0.25, 0.3) is 0 Å². The third-order valence-corrected chi connectivity index (χ3v) is 2.18. The molecule has 0 bridgehead atoms. The summed E-state index contributed by atoms with van der Waals surface area (Å²) >= 11 is 0. The van der Waals surface area contributed by atoms with Gasteiger partial charge < -0.3 is 18.9 Å². The molecule has 0 aromatic carbocycles. The molecule has 1 heterocycles. The van der Waals surface area contributed by atoms with E-state index < -0.39 is 0 Å². The van der Waals surface area contributed by atoms with Crippen LogP contribution in [-0.4, -0.2) is 38.6 Å². The third kappa shape index (κ3) is 2.36. The number of methoxy groups -OCH3 is 1. The SMILES string of the molecule is COCC1(CO)COPOC1. The molecule has 0 saturated carbocycles. The highest BCUT2D eigenvalue weighted by Crippen LogP contribution is 2.31. The van der Waals surface area contributed by atoms with Gasteiger partial charge in [0.1, 0.15) is 0 Å². The third-order valence-electron chi connectivity index (χ3n) is 1.66. The topological polar surface area (TPSA) is 47.9 Å². The Morgan fingerprint density at radius 3 is 2.64 bits per heavy atom. The largest absolute Gasteiger partial charge is 0.396 e. The molecule has 1 aliphatic rings. The van der Waals surface area contributed by atoms with Gasteiger partial charge in [0.05, 0.1) is 31.8 Å². The molecule has 0 radical (unpaired) electrons. The Hall–Kier alpha value is 0.270. The van der Waals surface area contributed by atoms with E-state index in [1.54, 1.807) is 7.11 Å². The van der Waals surface area contributed by atoms with Crippen molar-refractivity contribution in [2.75, 3.05) is 33.5 Å². The lowest BCUT2D eigenvalue weighted by atomic mass is 9.93. The van der Waals surface area contributed by atoms with Crippen LogP contribution < -0.4 is 0 Å². The zero-order chi connectivity index (χ0) is 8.16. The molecule has 1 saturated heterocycles. The van der Waals surface area contributed by atoms with Crippen LogP contribution in [0.5, 0.6) is 0 Å². The monoisotopic (exact) mass is 180 g/mol. The van der Waals surface area contributed by atoms with Crippen LogP contribution in [0.25, 0.3) is 0 Å². The second-order valence-electron chi connectivity index (χ2n) is 2.75. The average molecular weight is 180 g/mol. The summed E-state index contributed by atoms with van der Waals surface area (Å²) in [4.78, 5) is 0. The summed E-state index contributed by atoms with van der Waals surface area (Å²) in [6.07, 6.45) is 0. The van der Waals surface area contributed by atoms with Gasteiger partial charge in [-0.2, -0.15) is 0 Å². The molecule has 5 heteroatoms. The lowest BCUT2D eigenvalue weighted by molar-refractivity contribution is -0.0509. The summed E-state index contributed by atoms with van der Waals surface area (Å²) in [6, 6.07) is 0. The highest BCUT2D eigenvalue weighted by Gasteiger charge is 2.33. The minimum Gasteiger partial charge on any atom is -0.396 e. The van der Waals surface area contributed by atoms with Crippen LogP contribution >= 0.6 is 9.03 Å². The van der Waals surface area contributed by atoms with Crippen molar-refractivity contribution in [3.63, 3.8) is 0 Å². The number of rotatable bonds is 3. The summed E-state index contributed by atoms with van der Waals surface area (Å²) in [5.74, 6) is 0. The van der Waals surface area contributed by atoms with E-state index in [0.29, 0.717) is 19.8 Å². The maximum absolute atomic E-state index is 9.04. The standard InChI is InChI=1S/C6H13O4P/c1-8-3-6(2-7)4-9-11-10-5-6/h7,11H,2-5H2,1H3. The molecule has 1 rings (SSSR count). The molecule has 1 fully saturated rings. The predicted molar refractivity (Wildman–Crippen MR) is 41.6 cm³/mol. The van der Waals surface area contributed by atoms with Crippen molar-refractivity contribution >= 4 is 9.03 Å². The number of ether oxygens (including phenoxy) is 1. The lowest BCUT2D eigenvalue weighted by Gasteiger charge is -2.33. The molecule has 0 spiro atoms. The first kappa shape index (κ1) is 9.36. The predicted octanol–water partition coefficient (Wildman–Crippen LogP) is 0.167. The summed E-state index contributed by atoms with van der Waals surface area (Å²) < 4.78 is 15.1. The van der Waals surface area contributed by atoms with Crippen molar-refractivity contribution in [1.82, 2.24) is 0 Å². The van der Waals surface area contributed by atoms with Gasteiger partial charge in [0.15, 0.2) is 9.03 Å². The Kier molecular flexibility index (Phi) is 3.69. The first-order chi connectivity index (χ1) is 5.33. The smallest absolute Gasteiger partial charge is 0.155 e. The molecule has 0 aliphatic carbocycles. The summed E-state index contributed by atoms with van der Waals surface area (Å²) in [5, 5.41) is 9.04. The van der Waals surface area contributed by atoms with Crippen molar-refractivity contribution in [2.24, 2.45) is 5.41 Å². The fraction of sp³-hybridized carbons (Fsp3) is 1.00. The number of hydrogen-bond donors (Lipinski definition) is 1. The average Bonchev–Trinajstić information content (AvgIpc) is 2.07. The Bertz CT molecular complexity index is 108. The van der Waals surface area contributed by atoms with E-state index in [9.17, 15) is 0 Å². The van der Waals surface area contributed by atoms with Crippen LogP contribution in [0.4, 0.5) is 0 Å². The minimum atomic E-state index is -0.333. The molecule has 1 N–H and O–H groups in total. The highest BCUT2D eigenvalue weighted by atomic mass is 31.1. The number of aliphatic hydroxyl groups is 1. The Labute approximate surface area is 67.8 Å². The molecule has 0 atom stereocenters. The Morgan fingerprint density at radius 1 is 1.55 bits per heavy atom. The Morgan fingerprint density at radius 2 is 2.18 bits per heavy atom. The molecule has 11 heavy (non-hydrogen) atoms. The molecule has 66 valence electrons. The van der Waals surface area contributed by atoms with Gasteiger partial charge in [-0.3, -0.25) is 0 Å². The molecular weight excluding hydrogens is 167 g/mol. The van der Waals surface area contributed by atoms with Crippen molar-refractivity contribution in [1.29, 1.82) is 0 Å². The van der Waals surface area contributed by atoms with E-state index in [2.05, 4.69) is 0 Å². The van der Waals surface area contributed by atoms with Crippen LogP contribution in [0.2, 0.25) is 0 Å². The van der Waals surface area contributed by atoms with E-state index >= 15 is 0 Å². The van der Waals surface area contributed by atoms with Gasteiger partial charge in [0.2, 0.25) is 0 Å². The fourth-order valence-electron chi connectivity index (χ4n) is 0.975. The van der Waals surface area contributed by atoms with Gasteiger partial charge in [-0.05, 0) is 0 Å². The van der Waals surface area contributed by atoms with E-state index in [0.717, 1.165) is 0 Å². The number of hydrogen-bond acceptors (Lipinski definition) is 4. The van der Waals surface area contributed by atoms with Gasteiger partial charge in [-0.1, -0.05) is 0 Å². The van der Waals surface area contributed by atoms with Crippen molar-refractivity contribution in [2.45, 2.75) is 0 Å². The summed E-state index contributed by atoms with van der Waals surface area (Å²) in [6.45, 7) is 1.57. The molecule has 0 aromatic heterocycles. The molecule has 0 unspecified atom stereocenters. The van der Waals surface area contributed by atoms with Crippen molar-refractivity contribution in [3.05, 3.63) is 0 Å². The highest BCUT2D eigenvalue weighted by molar-refractivity contribution is 7.26. The maximum Gasteiger partial charge on any atom is 0.155 e. The normalized spacial score (nSPS) is 34.4. The first-order valence-electron chi connectivity index (χ1n) is 3.41. The minimum absolute atomic E-state index is 0.0469. The van der Waals surface area contributed by atoms with Crippen molar-refractivity contribution < 1.29 is 18.9 Å². The van der Waals surface area contributed by atoms with Gasteiger partial charge in [-0.25, -0.2) is 0 Å². The molecule has 1 aliphatic heterocycles. The number of aliphatic hydroxyl groups excluding tert-OH is 1. The zero-order valence-electron chi connectivity index (χ0n) is 6.50. The quantitative estimate of drug-likeness (QED) is 0.629. The molecular formula is C6H13O4P. The van der Waals surface area contributed by atoms with Crippen molar-refractivity contribution in [3.8, 4) is 0 Å². The second kappa shape index (κ2) is 4.33. The Balaban J connectivity index is 2.42. The van der Waals surface area contributed by atoms with Crippen LogP contribution in [0, 0.1) is 5.41 Å². The second-order valence-corrected chi connectivity index (χ2v) is 3.50. The lowest BCUT2D eigenvalue weighted by Crippen LogP contribution is -2.41. The molecule has 0 amide bonds. The van der Waals surface area contributed by atoms with Crippen LogP contribution in [0.1, 0.15) is 0 Å². The van der Waals surface area contributed by atoms with E-state index in [1.165, 1.54) is 0 Å². The van der Waals surface area contributed by atoms with Crippen LogP contribution in [-0.2, 0) is 13.8 Å². The fourth-order valence-corrected chi connectivity index (χ4v) is 1.79. The van der Waals surface area contributed by atoms with Crippen LogP contribution in [0.3, 0.4) is 0 Å². The summed E-state index contributed by atoms with van der Waals surface area (Å²) in [5.41, 5.74) is -0.333. The van der Waals surface area contributed by atoms with E-state index in [-0.39, 0.29) is 21.1 Å². The first-order valence-corrected chi connectivity index (χ1v) is 4.23. The van der Waals surface area contributed by atoms with Gasteiger partial charge in [-0.15, -0.1) is 0 Å². The van der Waals surface area contributed by atoms with Gasteiger partial charge >= 0.3 is 0 Å². The molecule has 0 aromatic rings. The van der Waals surface area contributed by atoms with E-state index in [4.69, 9.17) is 18.9 Å². The maximum atomic E-state index is 9.04. The van der Waals surface area contributed by atoms with Gasteiger partial charge in [0, 0.05) is 7.11 Å². The van der Waals surface area contributed by atoms with Crippen LogP contribution in [0.15, 0.2) is 0 Å². The summed E-state index contributed by atoms with van der Waals surface area (Å²) in [7, 11) is 1.71. The van der Waals surface area contributed by atoms with E-state index in [1.807, 2.05) is 0 Å².